The minimum atomic E-state index is -0.429. The van der Waals surface area contributed by atoms with Crippen LogP contribution in [0.1, 0.15) is 17.3 Å². The first kappa shape index (κ1) is 10.9. The molecule has 2 rings (SSSR count). The minimum absolute atomic E-state index is 0.194. The van der Waals surface area contributed by atoms with Crippen molar-refractivity contribution in [2.24, 2.45) is 0 Å². The predicted molar refractivity (Wildman–Crippen MR) is 61.8 cm³/mol. The van der Waals surface area contributed by atoms with Crippen LogP contribution in [-0.2, 0) is 4.74 Å². The number of hydrogen-bond donors (Lipinski definition) is 0. The molecule has 0 fully saturated rings. The second-order valence-corrected chi connectivity index (χ2v) is 3.57. The summed E-state index contributed by atoms with van der Waals surface area (Å²) in [5, 5.41) is 0.194. The van der Waals surface area contributed by atoms with E-state index in [0.717, 1.165) is 0 Å². The lowest BCUT2D eigenvalue weighted by molar-refractivity contribution is 0.0528. The second kappa shape index (κ2) is 4.49. The Morgan fingerprint density at radius 1 is 1.38 bits per heavy atom. The Kier molecular flexibility index (Phi) is 3.06. The van der Waals surface area contributed by atoms with Crippen molar-refractivity contribution < 1.29 is 9.53 Å². The number of nitrogens with zero attached hydrogens (tertiary/aromatic N) is 1. The van der Waals surface area contributed by atoms with E-state index in [4.69, 9.17) is 16.3 Å². The molecule has 0 aromatic heterocycles. The van der Waals surface area contributed by atoms with E-state index in [9.17, 15) is 4.79 Å². The number of rotatable bonds is 2. The number of carbonyl (C=O) groups excluding carboxylic acids is 1. The van der Waals surface area contributed by atoms with Gasteiger partial charge in [-0.15, -0.1) is 0 Å². The maximum atomic E-state index is 11.7. The molecule has 0 aromatic carbocycles. The van der Waals surface area contributed by atoms with Gasteiger partial charge in [0.1, 0.15) is 10.7 Å². The summed E-state index contributed by atoms with van der Waals surface area (Å²) in [7, 11) is 0. The van der Waals surface area contributed by atoms with Crippen molar-refractivity contribution >= 4 is 17.6 Å². The fourth-order valence-electron chi connectivity index (χ4n) is 1.52. The van der Waals surface area contributed by atoms with Crippen LogP contribution in [-0.4, -0.2) is 17.6 Å². The Hall–Kier alpha value is -1.61. The van der Waals surface area contributed by atoms with Gasteiger partial charge in [0.2, 0.25) is 0 Å². The van der Waals surface area contributed by atoms with Crippen molar-refractivity contribution in [3.8, 4) is 11.3 Å². The highest BCUT2D eigenvalue weighted by atomic mass is 35.5. The number of hydrogen-bond acceptors (Lipinski definition) is 3. The maximum absolute atomic E-state index is 11.7. The molecule has 1 heterocycles. The number of aromatic nitrogens is 1. The highest BCUT2D eigenvalue weighted by molar-refractivity contribution is 6.33. The average Bonchev–Trinajstić information content (AvgIpc) is 2.43. The lowest BCUT2D eigenvalue weighted by Crippen LogP contribution is -2.04. The van der Waals surface area contributed by atoms with Crippen molar-refractivity contribution in [3.05, 3.63) is 41.0 Å². The van der Waals surface area contributed by atoms with Gasteiger partial charge in [-0.25, -0.2) is 9.78 Å². The summed E-state index contributed by atoms with van der Waals surface area (Å²) in [4.78, 5) is 15.8. The van der Waals surface area contributed by atoms with Gasteiger partial charge in [-0.2, -0.15) is 0 Å². The summed E-state index contributed by atoms with van der Waals surface area (Å²) in [5.41, 5.74) is 1.75. The van der Waals surface area contributed by atoms with Gasteiger partial charge in [0.25, 0.3) is 0 Å². The zero-order valence-electron chi connectivity index (χ0n) is 8.74. The Labute approximate surface area is 98.4 Å². The average molecular weight is 236 g/mol. The third-order valence-electron chi connectivity index (χ3n) is 2.19. The second-order valence-electron chi connectivity index (χ2n) is 3.21. The maximum Gasteiger partial charge on any atom is 0.341 e. The van der Waals surface area contributed by atoms with Gasteiger partial charge in [0.15, 0.2) is 0 Å². The zero-order valence-corrected chi connectivity index (χ0v) is 9.49. The van der Waals surface area contributed by atoms with Crippen LogP contribution in [0.15, 0.2) is 30.3 Å². The number of carbonyl (C=O) groups is 1. The third kappa shape index (κ3) is 1.86. The fraction of sp³-hybridized carbons (Fsp3) is 0.167. The molecule has 82 valence electrons. The van der Waals surface area contributed by atoms with Crippen LogP contribution in [0.25, 0.3) is 11.3 Å². The Morgan fingerprint density at radius 2 is 2.12 bits per heavy atom. The van der Waals surface area contributed by atoms with E-state index >= 15 is 0 Å². The van der Waals surface area contributed by atoms with Crippen LogP contribution in [0.3, 0.4) is 0 Å². The van der Waals surface area contributed by atoms with Crippen molar-refractivity contribution in [3.63, 3.8) is 0 Å². The van der Waals surface area contributed by atoms with Gasteiger partial charge in [0.05, 0.1) is 12.3 Å². The zero-order chi connectivity index (χ0) is 11.5. The number of esters is 1. The summed E-state index contributed by atoms with van der Waals surface area (Å²) < 4.78 is 4.94. The lowest BCUT2D eigenvalue weighted by Gasteiger charge is -2.00. The monoisotopic (exact) mass is 235 g/mol. The van der Waals surface area contributed by atoms with Gasteiger partial charge in [-0.05, 0) is 13.0 Å². The Bertz CT molecular complexity index is 499. The normalized spacial score (nSPS) is 10.4. The molecular formula is C12H10ClNO2. The largest absolute Gasteiger partial charge is 0.462 e. The summed E-state index contributed by atoms with van der Waals surface area (Å²) in [6, 6.07) is 9.17. The first-order valence-electron chi connectivity index (χ1n) is 4.95. The molecule has 0 atom stereocenters. The molecule has 0 bridgehead atoms. The molecule has 0 amide bonds. The van der Waals surface area contributed by atoms with Gasteiger partial charge < -0.3 is 4.74 Å². The van der Waals surface area contributed by atoms with E-state index in [2.05, 4.69) is 4.98 Å². The van der Waals surface area contributed by atoms with E-state index in [-0.39, 0.29) is 5.15 Å². The molecule has 0 unspecified atom stereocenters. The Morgan fingerprint density at radius 3 is 2.88 bits per heavy atom. The summed E-state index contributed by atoms with van der Waals surface area (Å²) in [5.74, 6) is -0.429. The molecule has 16 heavy (non-hydrogen) atoms. The van der Waals surface area contributed by atoms with Crippen LogP contribution in [0.4, 0.5) is 0 Å². The lowest BCUT2D eigenvalue weighted by atomic mass is 10.1. The van der Waals surface area contributed by atoms with Crippen LogP contribution >= 0.6 is 11.6 Å². The molecule has 1 aliphatic heterocycles. The number of ether oxygens (including phenoxy) is 1. The summed E-state index contributed by atoms with van der Waals surface area (Å²) in [6.45, 7) is 2.07. The molecule has 0 spiro atoms. The molecule has 2 aliphatic rings. The predicted octanol–water partition coefficient (Wildman–Crippen LogP) is 3.02. The van der Waals surface area contributed by atoms with E-state index in [1.165, 1.54) is 0 Å². The molecular weight excluding hydrogens is 226 g/mol. The quantitative estimate of drug-likeness (QED) is 0.751. The first-order valence-corrected chi connectivity index (χ1v) is 5.33. The minimum Gasteiger partial charge on any atom is -0.462 e. The van der Waals surface area contributed by atoms with Crippen LogP contribution < -0.4 is 0 Å². The Balaban J connectivity index is 2.56. The van der Waals surface area contributed by atoms with Gasteiger partial charge in [0, 0.05) is 5.56 Å². The molecule has 0 aromatic rings. The smallest absolute Gasteiger partial charge is 0.341 e. The van der Waals surface area contributed by atoms with E-state index in [1.54, 1.807) is 13.0 Å². The molecule has 3 nitrogen and oxygen atoms in total. The number of halogens is 1. The molecule has 0 radical (unpaired) electrons. The molecule has 1 aliphatic carbocycles. The van der Waals surface area contributed by atoms with E-state index in [0.29, 0.717) is 23.4 Å². The van der Waals surface area contributed by atoms with Gasteiger partial charge in [-0.3, -0.25) is 0 Å². The third-order valence-corrected chi connectivity index (χ3v) is 2.46. The molecule has 0 saturated carbocycles. The highest BCUT2D eigenvalue weighted by Crippen LogP contribution is 2.31. The van der Waals surface area contributed by atoms with Crippen molar-refractivity contribution in [2.45, 2.75) is 6.92 Å². The van der Waals surface area contributed by atoms with Crippen LogP contribution in [0.5, 0.6) is 0 Å². The number of fused-ring (bicyclic) bond motifs is 1. The summed E-state index contributed by atoms with van der Waals surface area (Å²) in [6.07, 6.45) is 0. The summed E-state index contributed by atoms with van der Waals surface area (Å²) >= 11 is 5.93. The van der Waals surface area contributed by atoms with E-state index < -0.39 is 5.97 Å². The first-order chi connectivity index (χ1) is 7.74. The van der Waals surface area contributed by atoms with Crippen LogP contribution in [0, 0.1) is 0 Å². The standard InChI is InChI=1S/C12H10ClNO2/c1-2-16-12(15)10-8-6-4-3-5-7-9(8)14-11(10)13/h3-7H,2H2,1H3. The highest BCUT2D eigenvalue weighted by Gasteiger charge is 2.22. The SMILES string of the molecule is CCOC(=O)c1c2cccccc-2nc1Cl. The topological polar surface area (TPSA) is 39.2 Å². The van der Waals surface area contributed by atoms with Gasteiger partial charge in [-0.1, -0.05) is 35.9 Å². The van der Waals surface area contributed by atoms with Crippen molar-refractivity contribution in [1.29, 1.82) is 0 Å². The van der Waals surface area contributed by atoms with Crippen LogP contribution in [0.2, 0.25) is 5.15 Å². The molecule has 0 saturated heterocycles. The fourth-order valence-corrected chi connectivity index (χ4v) is 1.79. The van der Waals surface area contributed by atoms with Gasteiger partial charge >= 0.3 is 5.97 Å². The van der Waals surface area contributed by atoms with Crippen molar-refractivity contribution in [1.82, 2.24) is 4.98 Å². The molecule has 4 heteroatoms. The van der Waals surface area contributed by atoms with E-state index in [1.807, 2.05) is 24.3 Å². The molecule has 0 N–H and O–H groups in total. The van der Waals surface area contributed by atoms with Crippen molar-refractivity contribution in [2.75, 3.05) is 6.61 Å².